The summed E-state index contributed by atoms with van der Waals surface area (Å²) in [7, 11) is 5.71. The monoisotopic (exact) mass is 407 g/mol. The summed E-state index contributed by atoms with van der Waals surface area (Å²) in [5.41, 5.74) is 3.65. The molecule has 1 amide bonds. The SMILES string of the molecule is COc1cccc(C(NCCCN(C)C)C(=O)Nc2ccc(-c3cn[nH]c3)cc2)c1. The third kappa shape index (κ3) is 5.92. The largest absolute Gasteiger partial charge is 0.497 e. The lowest BCUT2D eigenvalue weighted by molar-refractivity contribution is -0.118. The molecule has 0 radical (unpaired) electrons. The lowest BCUT2D eigenvalue weighted by Gasteiger charge is -2.20. The van der Waals surface area contributed by atoms with E-state index in [1.165, 1.54) is 0 Å². The van der Waals surface area contributed by atoms with Gasteiger partial charge >= 0.3 is 0 Å². The van der Waals surface area contributed by atoms with E-state index in [1.54, 1.807) is 13.3 Å². The van der Waals surface area contributed by atoms with Crippen molar-refractivity contribution in [1.29, 1.82) is 0 Å². The van der Waals surface area contributed by atoms with Crippen LogP contribution in [-0.4, -0.2) is 55.3 Å². The zero-order valence-corrected chi connectivity index (χ0v) is 17.7. The number of nitrogens with one attached hydrogen (secondary N) is 3. The van der Waals surface area contributed by atoms with Gasteiger partial charge < -0.3 is 20.3 Å². The fraction of sp³-hybridized carbons (Fsp3) is 0.304. The zero-order chi connectivity index (χ0) is 21.3. The predicted octanol–water partition coefficient (Wildman–Crippen LogP) is 3.31. The average molecular weight is 408 g/mol. The smallest absolute Gasteiger partial charge is 0.246 e. The Morgan fingerprint density at radius 3 is 2.63 bits per heavy atom. The molecule has 0 saturated carbocycles. The quantitative estimate of drug-likeness (QED) is 0.449. The van der Waals surface area contributed by atoms with Gasteiger partial charge in [0.1, 0.15) is 11.8 Å². The molecule has 2 aromatic carbocycles. The summed E-state index contributed by atoms with van der Waals surface area (Å²) in [5.74, 6) is 0.619. The summed E-state index contributed by atoms with van der Waals surface area (Å²) in [6.07, 6.45) is 4.55. The van der Waals surface area contributed by atoms with Crippen LogP contribution in [0.5, 0.6) is 5.75 Å². The number of benzene rings is 2. The van der Waals surface area contributed by atoms with E-state index in [1.807, 2.05) is 68.8 Å². The summed E-state index contributed by atoms with van der Waals surface area (Å²) >= 11 is 0. The molecule has 1 unspecified atom stereocenters. The van der Waals surface area contributed by atoms with Crippen molar-refractivity contribution in [2.24, 2.45) is 0 Å². The summed E-state index contributed by atoms with van der Waals surface area (Å²) < 4.78 is 5.33. The molecule has 0 aliphatic heterocycles. The first-order valence-electron chi connectivity index (χ1n) is 9.99. The van der Waals surface area contributed by atoms with Gasteiger partial charge in [0.2, 0.25) is 5.91 Å². The molecule has 7 nitrogen and oxygen atoms in total. The standard InChI is InChI=1S/C23H29N5O2/c1-28(2)13-5-12-24-22(18-6-4-7-21(14-18)30-3)23(29)27-20-10-8-17(9-11-20)19-15-25-26-16-19/h4,6-11,14-16,22,24H,5,12-13H2,1-3H3,(H,25,26)(H,27,29). The second kappa shape index (κ2) is 10.6. The number of rotatable bonds is 10. The van der Waals surface area contributed by atoms with E-state index in [0.717, 1.165) is 47.6 Å². The number of hydrogen-bond donors (Lipinski definition) is 3. The van der Waals surface area contributed by atoms with Gasteiger partial charge in [-0.1, -0.05) is 24.3 Å². The van der Waals surface area contributed by atoms with E-state index in [2.05, 4.69) is 25.7 Å². The van der Waals surface area contributed by atoms with E-state index in [-0.39, 0.29) is 5.91 Å². The molecule has 3 aromatic rings. The van der Waals surface area contributed by atoms with Crippen molar-refractivity contribution in [3.63, 3.8) is 0 Å². The first-order valence-corrected chi connectivity index (χ1v) is 9.99. The molecule has 0 fully saturated rings. The van der Waals surface area contributed by atoms with Crippen LogP contribution >= 0.6 is 0 Å². The number of amides is 1. The third-order valence-corrected chi connectivity index (χ3v) is 4.80. The molecular weight excluding hydrogens is 378 g/mol. The summed E-state index contributed by atoms with van der Waals surface area (Å²) in [6.45, 7) is 1.68. The number of H-pyrrole nitrogens is 1. The Hall–Kier alpha value is -3.16. The molecule has 1 atom stereocenters. The minimum Gasteiger partial charge on any atom is -0.497 e. The molecule has 0 saturated heterocycles. The molecule has 0 aliphatic rings. The van der Waals surface area contributed by atoms with Crippen molar-refractivity contribution >= 4 is 11.6 Å². The molecule has 30 heavy (non-hydrogen) atoms. The van der Waals surface area contributed by atoms with Gasteiger partial charge in [-0.3, -0.25) is 9.89 Å². The molecule has 0 spiro atoms. The maximum absolute atomic E-state index is 13.1. The molecule has 7 heteroatoms. The fourth-order valence-corrected chi connectivity index (χ4v) is 3.19. The summed E-state index contributed by atoms with van der Waals surface area (Å²) in [5, 5.41) is 13.2. The van der Waals surface area contributed by atoms with Gasteiger partial charge in [0.15, 0.2) is 0 Å². The number of aromatic amines is 1. The number of carbonyl (C=O) groups is 1. The van der Waals surface area contributed by atoms with Crippen LogP contribution in [-0.2, 0) is 4.79 Å². The Morgan fingerprint density at radius 2 is 1.97 bits per heavy atom. The van der Waals surface area contributed by atoms with Gasteiger partial charge in [0.25, 0.3) is 0 Å². The number of carbonyl (C=O) groups excluding carboxylic acids is 1. The molecule has 1 heterocycles. The number of hydrogen-bond acceptors (Lipinski definition) is 5. The Kier molecular flexibility index (Phi) is 7.59. The van der Waals surface area contributed by atoms with Crippen LogP contribution in [0.4, 0.5) is 5.69 Å². The molecule has 0 aliphatic carbocycles. The number of anilines is 1. The van der Waals surface area contributed by atoms with Crippen molar-refractivity contribution in [3.8, 4) is 16.9 Å². The molecule has 1 aromatic heterocycles. The normalized spacial score (nSPS) is 12.0. The van der Waals surface area contributed by atoms with Crippen molar-refractivity contribution in [3.05, 3.63) is 66.5 Å². The topological polar surface area (TPSA) is 82.3 Å². The van der Waals surface area contributed by atoms with E-state index >= 15 is 0 Å². The highest BCUT2D eigenvalue weighted by atomic mass is 16.5. The van der Waals surface area contributed by atoms with E-state index < -0.39 is 6.04 Å². The Morgan fingerprint density at radius 1 is 1.17 bits per heavy atom. The van der Waals surface area contributed by atoms with Gasteiger partial charge in [-0.05, 0) is 69.0 Å². The molecule has 0 bridgehead atoms. The zero-order valence-electron chi connectivity index (χ0n) is 17.7. The van der Waals surface area contributed by atoms with Gasteiger partial charge in [-0.25, -0.2) is 0 Å². The van der Waals surface area contributed by atoms with Crippen LogP contribution in [0.15, 0.2) is 60.9 Å². The number of aromatic nitrogens is 2. The number of ether oxygens (including phenoxy) is 1. The number of nitrogens with zero attached hydrogens (tertiary/aromatic N) is 2. The van der Waals surface area contributed by atoms with Gasteiger partial charge in [0.05, 0.1) is 13.3 Å². The second-order valence-electron chi connectivity index (χ2n) is 7.37. The Labute approximate surface area is 177 Å². The highest BCUT2D eigenvalue weighted by molar-refractivity contribution is 5.95. The van der Waals surface area contributed by atoms with Gasteiger partial charge in [-0.15, -0.1) is 0 Å². The van der Waals surface area contributed by atoms with E-state index in [0.29, 0.717) is 0 Å². The maximum atomic E-state index is 13.1. The van der Waals surface area contributed by atoms with Crippen LogP contribution in [0, 0.1) is 0 Å². The summed E-state index contributed by atoms with van der Waals surface area (Å²) in [4.78, 5) is 15.2. The minimum absolute atomic E-state index is 0.107. The molecular formula is C23H29N5O2. The van der Waals surface area contributed by atoms with Crippen LogP contribution < -0.4 is 15.4 Å². The average Bonchev–Trinajstić information content (AvgIpc) is 3.29. The Bertz CT molecular complexity index is 923. The summed E-state index contributed by atoms with van der Waals surface area (Å²) in [6, 6.07) is 14.9. The van der Waals surface area contributed by atoms with Crippen LogP contribution in [0.2, 0.25) is 0 Å². The van der Waals surface area contributed by atoms with Crippen LogP contribution in [0.1, 0.15) is 18.0 Å². The van der Waals surface area contributed by atoms with Crippen molar-refractivity contribution < 1.29 is 9.53 Å². The lowest BCUT2D eigenvalue weighted by Crippen LogP contribution is -2.34. The highest BCUT2D eigenvalue weighted by Crippen LogP contribution is 2.23. The van der Waals surface area contributed by atoms with Crippen molar-refractivity contribution in [2.45, 2.75) is 12.5 Å². The first kappa shape index (κ1) is 21.5. The molecule has 3 N–H and O–H groups in total. The van der Waals surface area contributed by atoms with E-state index in [9.17, 15) is 4.79 Å². The third-order valence-electron chi connectivity index (χ3n) is 4.80. The fourth-order valence-electron chi connectivity index (χ4n) is 3.19. The van der Waals surface area contributed by atoms with E-state index in [4.69, 9.17) is 4.74 Å². The molecule has 158 valence electrons. The Balaban J connectivity index is 1.71. The predicted molar refractivity (Wildman–Crippen MR) is 120 cm³/mol. The highest BCUT2D eigenvalue weighted by Gasteiger charge is 2.21. The van der Waals surface area contributed by atoms with Gasteiger partial charge in [-0.2, -0.15) is 5.10 Å². The lowest BCUT2D eigenvalue weighted by atomic mass is 10.0. The minimum atomic E-state index is -0.476. The first-order chi connectivity index (χ1) is 14.6. The maximum Gasteiger partial charge on any atom is 0.246 e. The molecule has 3 rings (SSSR count). The van der Waals surface area contributed by atoms with Gasteiger partial charge in [0, 0.05) is 17.4 Å². The van der Waals surface area contributed by atoms with Crippen LogP contribution in [0.25, 0.3) is 11.1 Å². The van der Waals surface area contributed by atoms with Crippen molar-refractivity contribution in [1.82, 2.24) is 20.4 Å². The van der Waals surface area contributed by atoms with Crippen molar-refractivity contribution in [2.75, 3.05) is 39.6 Å². The number of methoxy groups -OCH3 is 1. The van der Waals surface area contributed by atoms with Crippen LogP contribution in [0.3, 0.4) is 0 Å². The second-order valence-corrected chi connectivity index (χ2v) is 7.37.